The monoisotopic (exact) mass is 450 g/mol. The molecule has 2 atom stereocenters. The van der Waals surface area contributed by atoms with Crippen LogP contribution in [0.3, 0.4) is 0 Å². The third-order valence-electron chi connectivity index (χ3n) is 4.03. The van der Waals surface area contributed by atoms with E-state index in [2.05, 4.69) is 15.3 Å². The van der Waals surface area contributed by atoms with E-state index in [1.807, 2.05) is 13.0 Å². The summed E-state index contributed by atoms with van der Waals surface area (Å²) in [5.74, 6) is 0.375. The molecule has 0 fully saturated rings. The van der Waals surface area contributed by atoms with E-state index < -0.39 is 24.9 Å². The van der Waals surface area contributed by atoms with Crippen LogP contribution in [0.5, 0.6) is 5.75 Å². The fraction of sp³-hybridized carbons (Fsp3) is 0.444. The Balaban J connectivity index is 2.11. The molecule has 0 aliphatic heterocycles. The third-order valence-corrected chi connectivity index (χ3v) is 5.81. The van der Waals surface area contributed by atoms with Gasteiger partial charge in [-0.15, -0.1) is 4.52 Å². The Bertz CT molecular complexity index is 868. The van der Waals surface area contributed by atoms with Crippen LogP contribution in [0, 0.1) is 0 Å². The number of hydrogen-bond acceptors (Lipinski definition) is 6. The van der Waals surface area contributed by atoms with Crippen molar-refractivity contribution in [2.24, 2.45) is 0 Å². The van der Waals surface area contributed by atoms with Crippen molar-refractivity contribution >= 4 is 31.3 Å². The van der Waals surface area contributed by atoms with E-state index in [-0.39, 0.29) is 11.6 Å². The van der Waals surface area contributed by atoms with Gasteiger partial charge in [0.15, 0.2) is 5.66 Å². The molecule has 2 unspecified atom stereocenters. The number of aryl methyl sites for hydroxylation is 1. The first kappa shape index (κ1) is 23.3. The Hall–Kier alpha value is -1.96. The van der Waals surface area contributed by atoms with Gasteiger partial charge in [-0.25, -0.2) is 9.97 Å². The molecule has 0 aliphatic rings. The smallest absolute Gasteiger partial charge is 0.495 e. The van der Waals surface area contributed by atoms with E-state index in [1.54, 1.807) is 19.1 Å². The molecule has 0 aliphatic carbocycles. The van der Waals surface area contributed by atoms with Crippen molar-refractivity contribution in [1.82, 2.24) is 9.97 Å². The molecule has 6 nitrogen and oxygen atoms in total. The number of nitrogens with one attached hydrogen (secondary N) is 1. The maximum Gasteiger partial charge on any atom is 0.510 e. The Morgan fingerprint density at radius 2 is 2.07 bits per heavy atom. The summed E-state index contributed by atoms with van der Waals surface area (Å²) in [5.41, 5.74) is 0.231. The van der Waals surface area contributed by atoms with Crippen LogP contribution < -0.4 is 10.1 Å². The van der Waals surface area contributed by atoms with Gasteiger partial charge in [-0.1, -0.05) is 17.7 Å². The summed E-state index contributed by atoms with van der Waals surface area (Å²) in [4.78, 5) is 7.32. The quantitative estimate of drug-likeness (QED) is 0.373. The van der Waals surface area contributed by atoms with Crippen molar-refractivity contribution in [3.05, 3.63) is 40.7 Å². The number of hydrogen-bond donors (Lipinski definition) is 1. The minimum atomic E-state index is -4.63. The predicted molar refractivity (Wildman–Crippen MR) is 105 cm³/mol. The molecule has 1 aromatic carbocycles. The van der Waals surface area contributed by atoms with Crippen LogP contribution in [0.25, 0.3) is 0 Å². The molecule has 11 heteroatoms. The minimum absolute atomic E-state index is 0.0866. The fourth-order valence-corrected chi connectivity index (χ4v) is 3.55. The van der Waals surface area contributed by atoms with Gasteiger partial charge >= 0.3 is 14.2 Å². The minimum Gasteiger partial charge on any atom is -0.495 e. The fourth-order valence-electron chi connectivity index (χ4n) is 2.46. The lowest BCUT2D eigenvalue weighted by Crippen LogP contribution is -2.09. The predicted octanol–water partition coefficient (Wildman–Crippen LogP) is 6.00. The van der Waals surface area contributed by atoms with E-state index in [1.165, 1.54) is 7.11 Å². The molecule has 0 radical (unpaired) electrons. The van der Waals surface area contributed by atoms with Crippen LogP contribution in [0.1, 0.15) is 31.4 Å². The highest BCUT2D eigenvalue weighted by atomic mass is 35.5. The Kier molecular flexibility index (Phi) is 8.19. The number of rotatable bonds is 9. The summed E-state index contributed by atoms with van der Waals surface area (Å²) < 4.78 is 60.6. The lowest BCUT2D eigenvalue weighted by molar-refractivity contribution is -0.137. The zero-order valence-corrected chi connectivity index (χ0v) is 17.7. The van der Waals surface area contributed by atoms with Crippen LogP contribution >= 0.6 is 19.6 Å². The van der Waals surface area contributed by atoms with Crippen molar-refractivity contribution in [1.29, 1.82) is 0 Å². The molecule has 2 aromatic rings. The molecule has 0 saturated carbocycles. The van der Waals surface area contributed by atoms with Gasteiger partial charge in [-0.2, -0.15) is 13.2 Å². The van der Waals surface area contributed by atoms with Gasteiger partial charge in [0.1, 0.15) is 16.5 Å². The highest BCUT2D eigenvalue weighted by Crippen LogP contribution is 2.35. The van der Waals surface area contributed by atoms with Gasteiger partial charge < -0.3 is 10.1 Å². The van der Waals surface area contributed by atoms with E-state index >= 15 is 0 Å². The number of ether oxygens (including phenoxy) is 1. The van der Waals surface area contributed by atoms with Crippen LogP contribution in [0.4, 0.5) is 24.8 Å². The SMILES string of the molecule is CCO[P+](=O)C(C)CCc1ccc(Nc2ncc(C(F)(F)F)c(Cl)n2)c(OC)c1. The zero-order chi connectivity index (χ0) is 21.6. The highest BCUT2D eigenvalue weighted by molar-refractivity contribution is 7.40. The van der Waals surface area contributed by atoms with E-state index in [0.717, 1.165) is 5.56 Å². The van der Waals surface area contributed by atoms with Gasteiger partial charge in [0, 0.05) is 12.6 Å². The topological polar surface area (TPSA) is 73.3 Å². The lowest BCUT2D eigenvalue weighted by atomic mass is 10.1. The molecule has 0 bridgehead atoms. The molecular weight excluding hydrogens is 430 g/mol. The van der Waals surface area contributed by atoms with E-state index in [9.17, 15) is 17.7 Å². The number of nitrogens with zero attached hydrogens (tertiary/aromatic N) is 2. The van der Waals surface area contributed by atoms with E-state index in [4.69, 9.17) is 20.9 Å². The summed E-state index contributed by atoms with van der Waals surface area (Å²) in [6.07, 6.45) is -2.67. The second-order valence-corrected chi connectivity index (χ2v) is 8.21. The number of halogens is 4. The first-order valence-electron chi connectivity index (χ1n) is 8.78. The van der Waals surface area contributed by atoms with Crippen molar-refractivity contribution in [2.75, 3.05) is 19.0 Å². The molecule has 1 heterocycles. The normalized spacial score (nSPS) is 13.1. The second kappa shape index (κ2) is 10.2. The Morgan fingerprint density at radius 1 is 1.34 bits per heavy atom. The van der Waals surface area contributed by atoms with Gasteiger partial charge in [0.25, 0.3) is 0 Å². The number of methoxy groups -OCH3 is 1. The lowest BCUT2D eigenvalue weighted by Gasteiger charge is -2.13. The number of anilines is 2. The van der Waals surface area contributed by atoms with Crippen LogP contribution in [-0.2, 0) is 21.7 Å². The summed E-state index contributed by atoms with van der Waals surface area (Å²) in [6, 6.07) is 5.32. The molecular formula is C18H21ClF3N3O3P+. The third kappa shape index (κ3) is 6.52. The van der Waals surface area contributed by atoms with Crippen molar-refractivity contribution in [3.8, 4) is 5.75 Å². The maximum absolute atomic E-state index is 12.8. The number of alkyl halides is 3. The molecule has 0 spiro atoms. The summed E-state index contributed by atoms with van der Waals surface area (Å²) in [5, 5.41) is 2.11. The molecule has 1 aromatic heterocycles. The molecule has 0 saturated heterocycles. The number of benzene rings is 1. The van der Waals surface area contributed by atoms with Gasteiger partial charge in [-0.05, 0) is 42.5 Å². The summed E-state index contributed by atoms with van der Waals surface area (Å²) in [7, 11) is -0.234. The van der Waals surface area contributed by atoms with Gasteiger partial charge in [0.2, 0.25) is 5.95 Å². The van der Waals surface area contributed by atoms with E-state index in [0.29, 0.717) is 37.1 Å². The second-order valence-electron chi connectivity index (χ2n) is 6.15. The maximum atomic E-state index is 12.8. The van der Waals surface area contributed by atoms with Crippen molar-refractivity contribution in [2.45, 2.75) is 38.5 Å². The first-order chi connectivity index (χ1) is 13.7. The van der Waals surface area contributed by atoms with Gasteiger partial charge in [0.05, 0.1) is 19.4 Å². The largest absolute Gasteiger partial charge is 0.510 e. The average molecular weight is 451 g/mol. The molecule has 2 rings (SSSR count). The first-order valence-corrected chi connectivity index (χ1v) is 10.4. The average Bonchev–Trinajstić information content (AvgIpc) is 2.66. The van der Waals surface area contributed by atoms with Crippen molar-refractivity contribution in [3.63, 3.8) is 0 Å². The highest BCUT2D eigenvalue weighted by Gasteiger charge is 2.34. The zero-order valence-electron chi connectivity index (χ0n) is 16.1. The Morgan fingerprint density at radius 3 is 2.66 bits per heavy atom. The number of aromatic nitrogens is 2. The Labute approximate surface area is 172 Å². The van der Waals surface area contributed by atoms with Crippen molar-refractivity contribution < 1.29 is 27.0 Å². The standard InChI is InChI=1S/C18H21ClF3N3O3P/c1-4-28-29(26)11(2)5-6-12-7-8-14(15(9-12)27-3)24-17-23-10-13(16(19)25-17)18(20,21)22/h7-11H,4-6H2,1-3H3,(H,23,24,25)/q+1. The molecule has 29 heavy (non-hydrogen) atoms. The van der Waals surface area contributed by atoms with Crippen LogP contribution in [0.2, 0.25) is 5.15 Å². The van der Waals surface area contributed by atoms with Crippen LogP contribution in [0.15, 0.2) is 24.4 Å². The molecule has 1 N–H and O–H groups in total. The van der Waals surface area contributed by atoms with Gasteiger partial charge in [-0.3, -0.25) is 0 Å². The summed E-state index contributed by atoms with van der Waals surface area (Å²) in [6.45, 7) is 4.07. The molecule has 158 valence electrons. The summed E-state index contributed by atoms with van der Waals surface area (Å²) >= 11 is 5.62. The van der Waals surface area contributed by atoms with Crippen LogP contribution in [-0.4, -0.2) is 29.3 Å². The molecule has 0 amide bonds.